The fraction of sp³-hybridized carbons (Fsp3) is 0.438. The Labute approximate surface area is 129 Å². The number of amides is 2. The number of piperidine rings is 1. The van der Waals surface area contributed by atoms with Gasteiger partial charge in [-0.25, -0.2) is 4.79 Å². The van der Waals surface area contributed by atoms with E-state index in [2.05, 4.69) is 10.6 Å². The Hall–Kier alpha value is -2.37. The van der Waals surface area contributed by atoms with Crippen molar-refractivity contribution in [1.29, 1.82) is 0 Å². The molecule has 3 N–H and O–H groups in total. The number of carboxylic acids is 1. The van der Waals surface area contributed by atoms with Crippen molar-refractivity contribution in [2.75, 3.05) is 6.54 Å². The van der Waals surface area contributed by atoms with Gasteiger partial charge in [0, 0.05) is 6.54 Å². The Bertz CT molecular complexity index is 571. The zero-order valence-corrected chi connectivity index (χ0v) is 13.1. The van der Waals surface area contributed by atoms with Crippen LogP contribution in [0.2, 0.25) is 0 Å². The summed E-state index contributed by atoms with van der Waals surface area (Å²) in [6.45, 7) is 6.23. The highest BCUT2D eigenvalue weighted by Crippen LogP contribution is 2.18. The van der Waals surface area contributed by atoms with Gasteiger partial charge in [0.1, 0.15) is 5.54 Å². The minimum atomic E-state index is -1.17. The second kappa shape index (κ2) is 7.59. The molecule has 2 rings (SSSR count). The molecule has 2 amide bonds. The molecule has 0 radical (unpaired) electrons. The van der Waals surface area contributed by atoms with E-state index in [0.29, 0.717) is 13.0 Å². The minimum Gasteiger partial charge on any atom is -0.478 e. The first-order chi connectivity index (χ1) is 10.4. The van der Waals surface area contributed by atoms with E-state index < -0.39 is 17.4 Å². The van der Waals surface area contributed by atoms with Crippen molar-refractivity contribution in [1.82, 2.24) is 10.6 Å². The van der Waals surface area contributed by atoms with Crippen LogP contribution < -0.4 is 10.6 Å². The van der Waals surface area contributed by atoms with E-state index in [4.69, 9.17) is 5.11 Å². The monoisotopic (exact) mass is 306 g/mol. The maximum absolute atomic E-state index is 12.2. The topological polar surface area (TPSA) is 95.5 Å². The van der Waals surface area contributed by atoms with Crippen molar-refractivity contribution >= 4 is 17.8 Å². The first-order valence-electron chi connectivity index (χ1n) is 7.37. The molecular formula is C16H22N2O4. The van der Waals surface area contributed by atoms with Gasteiger partial charge in [-0.2, -0.15) is 0 Å². The number of benzene rings is 1. The number of carbonyl (C=O) groups is 3. The number of hydrogen-bond donors (Lipinski definition) is 3. The highest BCUT2D eigenvalue weighted by Gasteiger charge is 2.37. The van der Waals surface area contributed by atoms with Crippen LogP contribution in [0.15, 0.2) is 24.3 Å². The summed E-state index contributed by atoms with van der Waals surface area (Å²) in [5.74, 6) is -1.97. The van der Waals surface area contributed by atoms with Gasteiger partial charge in [0.05, 0.1) is 11.1 Å². The summed E-state index contributed by atoms with van der Waals surface area (Å²) < 4.78 is 0. The van der Waals surface area contributed by atoms with Crippen LogP contribution in [0.25, 0.3) is 0 Å². The van der Waals surface area contributed by atoms with Crippen LogP contribution in [0.3, 0.4) is 0 Å². The van der Waals surface area contributed by atoms with Gasteiger partial charge in [-0.1, -0.05) is 26.0 Å². The SMILES string of the molecule is CC.CC1(NC(=O)c2ccccc2C(=O)O)CCCNC1=O. The third-order valence-electron chi connectivity index (χ3n) is 3.43. The van der Waals surface area contributed by atoms with Gasteiger partial charge < -0.3 is 15.7 Å². The number of aromatic carboxylic acids is 1. The average molecular weight is 306 g/mol. The molecule has 0 bridgehead atoms. The van der Waals surface area contributed by atoms with E-state index >= 15 is 0 Å². The van der Waals surface area contributed by atoms with Crippen LogP contribution in [0.1, 0.15) is 54.3 Å². The molecular weight excluding hydrogens is 284 g/mol. The molecule has 0 spiro atoms. The minimum absolute atomic E-state index is 0.0552. The maximum atomic E-state index is 12.2. The molecule has 0 aromatic heterocycles. The zero-order valence-electron chi connectivity index (χ0n) is 13.1. The molecule has 22 heavy (non-hydrogen) atoms. The molecule has 6 nitrogen and oxygen atoms in total. The van der Waals surface area contributed by atoms with Crippen molar-refractivity contribution in [2.24, 2.45) is 0 Å². The van der Waals surface area contributed by atoms with Gasteiger partial charge in [0.2, 0.25) is 5.91 Å². The molecule has 1 atom stereocenters. The van der Waals surface area contributed by atoms with E-state index in [1.54, 1.807) is 19.1 Å². The molecule has 0 saturated carbocycles. The van der Waals surface area contributed by atoms with Crippen LogP contribution in [0.4, 0.5) is 0 Å². The van der Waals surface area contributed by atoms with Crippen LogP contribution in [-0.2, 0) is 4.79 Å². The molecule has 6 heteroatoms. The Kier molecular flexibility index (Phi) is 6.10. The molecule has 1 aromatic carbocycles. The maximum Gasteiger partial charge on any atom is 0.336 e. The van der Waals surface area contributed by atoms with E-state index in [1.807, 2.05) is 13.8 Å². The van der Waals surface area contributed by atoms with E-state index in [-0.39, 0.29) is 17.0 Å². The fourth-order valence-corrected chi connectivity index (χ4v) is 2.26. The molecule has 1 aliphatic heterocycles. The smallest absolute Gasteiger partial charge is 0.336 e. The lowest BCUT2D eigenvalue weighted by Crippen LogP contribution is -2.59. The van der Waals surface area contributed by atoms with Crippen molar-refractivity contribution in [3.63, 3.8) is 0 Å². The van der Waals surface area contributed by atoms with E-state index in [9.17, 15) is 14.4 Å². The van der Waals surface area contributed by atoms with Crippen molar-refractivity contribution in [3.8, 4) is 0 Å². The number of carboxylic acid groups (broad SMARTS) is 1. The Balaban J connectivity index is 0.00000116. The van der Waals surface area contributed by atoms with Gasteiger partial charge in [-0.3, -0.25) is 9.59 Å². The van der Waals surface area contributed by atoms with Crippen molar-refractivity contribution in [2.45, 2.75) is 39.2 Å². The Morgan fingerprint density at radius 1 is 1.23 bits per heavy atom. The van der Waals surface area contributed by atoms with Crippen molar-refractivity contribution < 1.29 is 19.5 Å². The normalized spacial score (nSPS) is 20.2. The average Bonchev–Trinajstić information content (AvgIpc) is 2.52. The molecule has 0 aliphatic carbocycles. The highest BCUT2D eigenvalue weighted by molar-refractivity contribution is 6.06. The van der Waals surface area contributed by atoms with Crippen LogP contribution in [0, 0.1) is 0 Å². The molecule has 1 heterocycles. The van der Waals surface area contributed by atoms with Crippen LogP contribution >= 0.6 is 0 Å². The summed E-state index contributed by atoms with van der Waals surface area (Å²) in [5.41, 5.74) is -1.02. The van der Waals surface area contributed by atoms with Gasteiger partial charge in [-0.05, 0) is 31.9 Å². The van der Waals surface area contributed by atoms with Gasteiger partial charge in [-0.15, -0.1) is 0 Å². The third kappa shape index (κ3) is 3.84. The summed E-state index contributed by atoms with van der Waals surface area (Å²) in [4.78, 5) is 35.2. The quantitative estimate of drug-likeness (QED) is 0.793. The Morgan fingerprint density at radius 2 is 1.82 bits per heavy atom. The molecule has 1 fully saturated rings. The standard InChI is InChI=1S/C14H16N2O4.C2H6/c1-14(7-4-8-15-13(14)20)16-11(17)9-5-2-3-6-10(9)12(18)19;1-2/h2-3,5-6H,4,7-8H2,1H3,(H,15,20)(H,16,17)(H,18,19);1-2H3. The lowest BCUT2D eigenvalue weighted by Gasteiger charge is -2.33. The number of nitrogens with one attached hydrogen (secondary N) is 2. The molecule has 1 unspecified atom stereocenters. The molecule has 1 aromatic rings. The second-order valence-corrected chi connectivity index (χ2v) is 5.00. The predicted octanol–water partition coefficient (Wildman–Crippen LogP) is 1.81. The van der Waals surface area contributed by atoms with Crippen LogP contribution in [0.5, 0.6) is 0 Å². The van der Waals surface area contributed by atoms with Gasteiger partial charge >= 0.3 is 5.97 Å². The Morgan fingerprint density at radius 3 is 2.36 bits per heavy atom. The highest BCUT2D eigenvalue weighted by atomic mass is 16.4. The van der Waals surface area contributed by atoms with E-state index in [0.717, 1.165) is 6.42 Å². The van der Waals surface area contributed by atoms with Gasteiger partial charge in [0.25, 0.3) is 5.91 Å². The van der Waals surface area contributed by atoms with Crippen molar-refractivity contribution in [3.05, 3.63) is 35.4 Å². The van der Waals surface area contributed by atoms with E-state index in [1.165, 1.54) is 12.1 Å². The number of carbonyl (C=O) groups excluding carboxylic acids is 2. The van der Waals surface area contributed by atoms with Crippen LogP contribution in [-0.4, -0.2) is 35.0 Å². The van der Waals surface area contributed by atoms with Gasteiger partial charge in [0.15, 0.2) is 0 Å². The summed E-state index contributed by atoms with van der Waals surface area (Å²) in [6.07, 6.45) is 1.29. The summed E-state index contributed by atoms with van der Waals surface area (Å²) in [5, 5.41) is 14.4. The first-order valence-corrected chi connectivity index (χ1v) is 7.37. The number of hydrogen-bond acceptors (Lipinski definition) is 3. The predicted molar refractivity (Wildman–Crippen MR) is 82.9 cm³/mol. The molecule has 1 aliphatic rings. The zero-order chi connectivity index (χ0) is 16.8. The number of rotatable bonds is 3. The molecule has 1 saturated heterocycles. The summed E-state index contributed by atoms with van der Waals surface area (Å²) >= 11 is 0. The molecule has 120 valence electrons. The lowest BCUT2D eigenvalue weighted by molar-refractivity contribution is -0.128. The summed E-state index contributed by atoms with van der Waals surface area (Å²) in [6, 6.07) is 5.93. The summed E-state index contributed by atoms with van der Waals surface area (Å²) in [7, 11) is 0. The lowest BCUT2D eigenvalue weighted by atomic mass is 9.90. The third-order valence-corrected chi connectivity index (χ3v) is 3.43. The fourth-order valence-electron chi connectivity index (χ4n) is 2.26. The largest absolute Gasteiger partial charge is 0.478 e. The second-order valence-electron chi connectivity index (χ2n) is 5.00. The first kappa shape index (κ1) is 17.7.